The smallest absolute Gasteiger partial charge is 0.243 e. The van der Waals surface area contributed by atoms with Gasteiger partial charge in [0, 0.05) is 18.8 Å². The third-order valence-electron chi connectivity index (χ3n) is 3.16. The molecule has 1 heterocycles. The molecular weight excluding hydrogens is 240 g/mol. The number of hydrogen-bond acceptors (Lipinski definition) is 3. The van der Waals surface area contributed by atoms with Gasteiger partial charge < -0.3 is 0 Å². The molecule has 0 spiro atoms. The Hall–Kier alpha value is -1.97. The molecule has 0 fully saturated rings. The van der Waals surface area contributed by atoms with Gasteiger partial charge >= 0.3 is 0 Å². The summed E-state index contributed by atoms with van der Waals surface area (Å²) < 4.78 is 0. The first-order valence-corrected chi connectivity index (χ1v) is 6.54. The largest absolute Gasteiger partial charge is 0.297 e. The van der Waals surface area contributed by atoms with E-state index >= 15 is 0 Å². The third-order valence-corrected chi connectivity index (χ3v) is 3.16. The quantitative estimate of drug-likeness (QED) is 0.831. The number of benzene rings is 1. The van der Waals surface area contributed by atoms with Crippen LogP contribution >= 0.6 is 0 Å². The summed E-state index contributed by atoms with van der Waals surface area (Å²) in [6, 6.07) is 9.77. The highest BCUT2D eigenvalue weighted by molar-refractivity contribution is 6.04. The topological polar surface area (TPSA) is 49.7 Å². The average Bonchev–Trinajstić information content (AvgIpc) is 2.42. The van der Waals surface area contributed by atoms with Gasteiger partial charge in [-0.3, -0.25) is 9.59 Å². The van der Waals surface area contributed by atoms with Gasteiger partial charge in [0.2, 0.25) is 5.91 Å². The summed E-state index contributed by atoms with van der Waals surface area (Å²) in [7, 11) is 0. The molecule has 1 aromatic carbocycles. The van der Waals surface area contributed by atoms with Crippen molar-refractivity contribution in [3.8, 4) is 0 Å². The van der Waals surface area contributed by atoms with Crippen LogP contribution < -0.4 is 0 Å². The van der Waals surface area contributed by atoms with Crippen LogP contribution in [0.4, 0.5) is 0 Å². The SMILES string of the molecule is CC(C)C(=O)CN1N=C(c2ccccc2)CCC1=O. The zero-order valence-electron chi connectivity index (χ0n) is 11.3. The van der Waals surface area contributed by atoms with Crippen molar-refractivity contribution in [1.29, 1.82) is 0 Å². The predicted molar refractivity (Wildman–Crippen MR) is 73.8 cm³/mol. The lowest BCUT2D eigenvalue weighted by molar-refractivity contribution is -0.136. The Labute approximate surface area is 113 Å². The van der Waals surface area contributed by atoms with Crippen molar-refractivity contribution in [2.45, 2.75) is 26.7 Å². The first kappa shape index (κ1) is 13.5. The number of ketones is 1. The van der Waals surface area contributed by atoms with Gasteiger partial charge in [-0.05, 0) is 5.56 Å². The van der Waals surface area contributed by atoms with Crippen molar-refractivity contribution < 1.29 is 9.59 Å². The molecule has 1 amide bonds. The standard InChI is InChI=1S/C15H18N2O2/c1-11(2)14(18)10-17-15(19)9-8-13(16-17)12-6-4-3-5-7-12/h3-7,11H,8-10H2,1-2H3. The molecule has 0 atom stereocenters. The summed E-state index contributed by atoms with van der Waals surface area (Å²) in [5.41, 5.74) is 1.88. The van der Waals surface area contributed by atoms with Crippen molar-refractivity contribution in [2.75, 3.05) is 6.54 Å². The Bertz CT molecular complexity index is 506. The molecule has 0 aliphatic carbocycles. The van der Waals surface area contributed by atoms with Crippen molar-refractivity contribution in [1.82, 2.24) is 5.01 Å². The van der Waals surface area contributed by atoms with Crippen LogP contribution in [0.5, 0.6) is 0 Å². The van der Waals surface area contributed by atoms with Crippen LogP contribution in [-0.4, -0.2) is 29.0 Å². The Kier molecular flexibility index (Phi) is 4.10. The van der Waals surface area contributed by atoms with Crippen LogP contribution in [0.2, 0.25) is 0 Å². The van der Waals surface area contributed by atoms with E-state index in [-0.39, 0.29) is 24.2 Å². The minimum atomic E-state index is -0.0786. The second-order valence-electron chi connectivity index (χ2n) is 4.99. The Morgan fingerprint density at radius 2 is 1.95 bits per heavy atom. The van der Waals surface area contributed by atoms with Gasteiger partial charge in [0.05, 0.1) is 5.71 Å². The molecule has 0 saturated carbocycles. The summed E-state index contributed by atoms with van der Waals surface area (Å²) >= 11 is 0. The summed E-state index contributed by atoms with van der Waals surface area (Å²) in [4.78, 5) is 23.5. The van der Waals surface area contributed by atoms with E-state index < -0.39 is 0 Å². The van der Waals surface area contributed by atoms with Crippen LogP contribution in [0.3, 0.4) is 0 Å². The summed E-state index contributed by atoms with van der Waals surface area (Å²) in [5.74, 6) is -0.120. The second-order valence-corrected chi connectivity index (χ2v) is 4.99. The number of nitrogens with zero attached hydrogens (tertiary/aromatic N) is 2. The second kappa shape index (κ2) is 5.78. The molecule has 0 aromatic heterocycles. The van der Waals surface area contributed by atoms with Gasteiger partial charge in [0.25, 0.3) is 0 Å². The van der Waals surface area contributed by atoms with E-state index in [0.29, 0.717) is 12.8 Å². The molecule has 4 nitrogen and oxygen atoms in total. The monoisotopic (exact) mass is 258 g/mol. The van der Waals surface area contributed by atoms with E-state index in [4.69, 9.17) is 0 Å². The van der Waals surface area contributed by atoms with Gasteiger partial charge in [-0.25, -0.2) is 5.01 Å². The number of carbonyl (C=O) groups excluding carboxylic acids is 2. The number of carbonyl (C=O) groups is 2. The molecule has 100 valence electrons. The zero-order valence-corrected chi connectivity index (χ0v) is 11.3. The number of hydrogen-bond donors (Lipinski definition) is 0. The fraction of sp³-hybridized carbons (Fsp3) is 0.400. The lowest BCUT2D eigenvalue weighted by Crippen LogP contribution is -2.37. The van der Waals surface area contributed by atoms with Crippen molar-refractivity contribution in [3.05, 3.63) is 35.9 Å². The lowest BCUT2D eigenvalue weighted by Gasteiger charge is -2.23. The van der Waals surface area contributed by atoms with Gasteiger partial charge in [0.1, 0.15) is 6.54 Å². The number of rotatable bonds is 4. The van der Waals surface area contributed by atoms with E-state index in [9.17, 15) is 9.59 Å². The number of Topliss-reactive ketones (excluding diaryl/α,β-unsaturated/α-hetero) is 1. The van der Waals surface area contributed by atoms with Gasteiger partial charge in [-0.2, -0.15) is 5.10 Å². The highest BCUT2D eigenvalue weighted by Gasteiger charge is 2.23. The number of amides is 1. The van der Waals surface area contributed by atoms with E-state index in [1.54, 1.807) is 0 Å². The zero-order chi connectivity index (χ0) is 13.8. The normalized spacial score (nSPS) is 15.6. The van der Waals surface area contributed by atoms with Crippen LogP contribution in [0.1, 0.15) is 32.3 Å². The van der Waals surface area contributed by atoms with Crippen LogP contribution in [0.25, 0.3) is 0 Å². The maximum absolute atomic E-state index is 11.8. The van der Waals surface area contributed by atoms with E-state index in [2.05, 4.69) is 5.10 Å². The van der Waals surface area contributed by atoms with Crippen molar-refractivity contribution in [2.24, 2.45) is 11.0 Å². The Morgan fingerprint density at radius 1 is 1.26 bits per heavy atom. The number of hydrazone groups is 1. The Balaban J connectivity index is 2.18. The van der Waals surface area contributed by atoms with Crippen molar-refractivity contribution >= 4 is 17.4 Å². The van der Waals surface area contributed by atoms with Gasteiger partial charge in [-0.15, -0.1) is 0 Å². The van der Waals surface area contributed by atoms with Gasteiger partial charge in [0.15, 0.2) is 5.78 Å². The van der Waals surface area contributed by atoms with Gasteiger partial charge in [-0.1, -0.05) is 44.2 Å². The lowest BCUT2D eigenvalue weighted by atomic mass is 10.0. The molecule has 1 aliphatic rings. The summed E-state index contributed by atoms with van der Waals surface area (Å²) in [6.45, 7) is 3.74. The molecular formula is C15H18N2O2. The minimum Gasteiger partial charge on any atom is -0.297 e. The van der Waals surface area contributed by atoms with E-state index in [0.717, 1.165) is 11.3 Å². The van der Waals surface area contributed by atoms with Crippen LogP contribution in [0.15, 0.2) is 35.4 Å². The molecule has 2 rings (SSSR count). The molecule has 0 saturated heterocycles. The summed E-state index contributed by atoms with van der Waals surface area (Å²) in [5, 5.41) is 5.65. The third kappa shape index (κ3) is 3.28. The molecule has 0 N–H and O–H groups in total. The minimum absolute atomic E-state index is 0.0337. The highest BCUT2D eigenvalue weighted by Crippen LogP contribution is 2.15. The summed E-state index contributed by atoms with van der Waals surface area (Å²) in [6.07, 6.45) is 1.05. The molecule has 0 radical (unpaired) electrons. The maximum Gasteiger partial charge on any atom is 0.243 e. The van der Waals surface area contributed by atoms with E-state index in [1.165, 1.54) is 5.01 Å². The molecule has 0 unspecified atom stereocenters. The van der Waals surface area contributed by atoms with Crippen LogP contribution in [-0.2, 0) is 9.59 Å². The first-order chi connectivity index (χ1) is 9.08. The highest BCUT2D eigenvalue weighted by atomic mass is 16.2. The molecule has 1 aromatic rings. The molecule has 19 heavy (non-hydrogen) atoms. The molecule has 0 bridgehead atoms. The predicted octanol–water partition coefficient (Wildman–Crippen LogP) is 2.24. The van der Waals surface area contributed by atoms with Crippen molar-refractivity contribution in [3.63, 3.8) is 0 Å². The molecule has 4 heteroatoms. The Morgan fingerprint density at radius 3 is 2.58 bits per heavy atom. The average molecular weight is 258 g/mol. The van der Waals surface area contributed by atoms with E-state index in [1.807, 2.05) is 44.2 Å². The first-order valence-electron chi connectivity index (χ1n) is 6.54. The fourth-order valence-electron chi connectivity index (χ4n) is 1.89. The molecule has 1 aliphatic heterocycles. The van der Waals surface area contributed by atoms with Crippen LogP contribution in [0, 0.1) is 5.92 Å². The maximum atomic E-state index is 11.8. The fourth-order valence-corrected chi connectivity index (χ4v) is 1.89.